The second-order valence-electron chi connectivity index (χ2n) is 6.24. The zero-order valence-corrected chi connectivity index (χ0v) is 14.3. The van der Waals surface area contributed by atoms with Gasteiger partial charge >= 0.3 is 0 Å². The van der Waals surface area contributed by atoms with Gasteiger partial charge in [-0.05, 0) is 24.3 Å². The molecule has 2 heterocycles. The van der Waals surface area contributed by atoms with Crippen LogP contribution < -0.4 is 16.0 Å². The average Bonchev–Trinajstić information content (AvgIpc) is 3.04. The maximum absolute atomic E-state index is 12.3. The average molecular weight is 363 g/mol. The molecule has 1 aromatic heterocycles. The highest BCUT2D eigenvalue weighted by Crippen LogP contribution is 2.18. The van der Waals surface area contributed by atoms with E-state index in [0.29, 0.717) is 17.1 Å². The monoisotopic (exact) mass is 363 g/mol. The molecule has 0 spiro atoms. The summed E-state index contributed by atoms with van der Waals surface area (Å²) in [6, 6.07) is 13.3. The van der Waals surface area contributed by atoms with Gasteiger partial charge in [0.2, 0.25) is 11.8 Å². The Morgan fingerprint density at radius 1 is 1.07 bits per heavy atom. The normalized spacial score (nSPS) is 16.2. The summed E-state index contributed by atoms with van der Waals surface area (Å²) in [7, 11) is 0. The lowest BCUT2D eigenvalue weighted by atomic mass is 10.1. The number of carbonyl (C=O) groups excluding carboxylic acids is 3. The molecule has 0 aliphatic carbocycles. The van der Waals surface area contributed by atoms with E-state index in [9.17, 15) is 14.4 Å². The molecule has 0 saturated carbocycles. The molecule has 0 bridgehead atoms. The number of nitrogens with zero attached hydrogens (tertiary/aromatic N) is 1. The first-order valence-electron chi connectivity index (χ1n) is 8.51. The van der Waals surface area contributed by atoms with Crippen LogP contribution in [0.25, 0.3) is 11.0 Å². The molecule has 3 aromatic rings. The number of rotatable bonds is 4. The Hall–Kier alpha value is -3.68. The summed E-state index contributed by atoms with van der Waals surface area (Å²) in [5.41, 5.74) is 2.51. The minimum absolute atomic E-state index is 0.161. The smallest absolute Gasteiger partial charge is 0.254 e. The van der Waals surface area contributed by atoms with Crippen LogP contribution in [0.3, 0.4) is 0 Å². The highest BCUT2D eigenvalue weighted by molar-refractivity contribution is 6.10. The van der Waals surface area contributed by atoms with Crippen LogP contribution >= 0.6 is 0 Å². The lowest BCUT2D eigenvalue weighted by molar-refractivity contribution is -0.125. The summed E-state index contributed by atoms with van der Waals surface area (Å²) in [6.45, 7) is 0.204. The third kappa shape index (κ3) is 3.50. The predicted molar refractivity (Wildman–Crippen MR) is 98.9 cm³/mol. The molecule has 4 N–H and O–H groups in total. The molecule has 2 aromatic carbocycles. The van der Waals surface area contributed by atoms with E-state index in [1.54, 1.807) is 24.3 Å². The number of hydrogen-bond donors (Lipinski definition) is 4. The number of aromatic nitrogens is 2. The molecule has 0 fully saturated rings. The molecule has 8 nitrogen and oxygen atoms in total. The number of H-pyrrole nitrogens is 1. The molecule has 27 heavy (non-hydrogen) atoms. The number of fused-ring (bicyclic) bond motifs is 2. The third-order valence-electron chi connectivity index (χ3n) is 4.33. The summed E-state index contributed by atoms with van der Waals surface area (Å²) in [4.78, 5) is 44.3. The van der Waals surface area contributed by atoms with Gasteiger partial charge < -0.3 is 20.9 Å². The maximum atomic E-state index is 12.3. The Labute approximate surface area is 154 Å². The molecule has 1 aliphatic rings. The number of hydrogen-bond acceptors (Lipinski definition) is 4. The molecule has 1 atom stereocenters. The molecule has 0 unspecified atom stereocenters. The zero-order chi connectivity index (χ0) is 18.8. The van der Waals surface area contributed by atoms with E-state index in [1.807, 2.05) is 24.3 Å². The number of nitrogens with one attached hydrogen (secondary N) is 4. The minimum atomic E-state index is -0.944. The van der Waals surface area contributed by atoms with Crippen LogP contribution in [-0.2, 0) is 16.1 Å². The Balaban J connectivity index is 1.39. The van der Waals surface area contributed by atoms with E-state index >= 15 is 0 Å². The van der Waals surface area contributed by atoms with Crippen molar-refractivity contribution in [1.29, 1.82) is 0 Å². The number of para-hydroxylation sites is 3. The van der Waals surface area contributed by atoms with Crippen LogP contribution in [-0.4, -0.2) is 33.7 Å². The Kier molecular flexibility index (Phi) is 4.29. The van der Waals surface area contributed by atoms with Gasteiger partial charge in [-0.1, -0.05) is 24.3 Å². The summed E-state index contributed by atoms with van der Waals surface area (Å²) in [5.74, 6) is -0.556. The van der Waals surface area contributed by atoms with Crippen molar-refractivity contribution in [1.82, 2.24) is 20.6 Å². The fourth-order valence-corrected chi connectivity index (χ4v) is 2.98. The van der Waals surface area contributed by atoms with Crippen molar-refractivity contribution < 1.29 is 14.4 Å². The van der Waals surface area contributed by atoms with Crippen LogP contribution in [0.1, 0.15) is 22.6 Å². The number of anilines is 1. The lowest BCUT2D eigenvalue weighted by Gasteiger charge is -2.14. The van der Waals surface area contributed by atoms with Crippen LogP contribution in [0.4, 0.5) is 5.69 Å². The first-order valence-corrected chi connectivity index (χ1v) is 8.51. The van der Waals surface area contributed by atoms with Gasteiger partial charge in [0.05, 0.1) is 35.2 Å². The van der Waals surface area contributed by atoms with Crippen molar-refractivity contribution in [2.75, 3.05) is 5.32 Å². The van der Waals surface area contributed by atoms with Gasteiger partial charge in [0.25, 0.3) is 5.91 Å². The highest BCUT2D eigenvalue weighted by atomic mass is 16.2. The van der Waals surface area contributed by atoms with Gasteiger partial charge in [0, 0.05) is 0 Å². The molecule has 3 amide bonds. The minimum Gasteiger partial charge on any atom is -0.349 e. The molecule has 8 heteroatoms. The van der Waals surface area contributed by atoms with E-state index in [0.717, 1.165) is 11.0 Å². The number of imidazole rings is 1. The van der Waals surface area contributed by atoms with Crippen LogP contribution in [0.5, 0.6) is 0 Å². The molecule has 0 saturated heterocycles. The van der Waals surface area contributed by atoms with Crippen molar-refractivity contribution in [2.45, 2.75) is 19.0 Å². The summed E-state index contributed by atoms with van der Waals surface area (Å²) in [6.07, 6.45) is -0.161. The maximum Gasteiger partial charge on any atom is 0.254 e. The highest BCUT2D eigenvalue weighted by Gasteiger charge is 2.29. The van der Waals surface area contributed by atoms with Crippen LogP contribution in [0.15, 0.2) is 48.5 Å². The summed E-state index contributed by atoms with van der Waals surface area (Å²) < 4.78 is 0. The van der Waals surface area contributed by atoms with E-state index in [-0.39, 0.29) is 24.8 Å². The van der Waals surface area contributed by atoms with E-state index < -0.39 is 11.9 Å². The van der Waals surface area contributed by atoms with E-state index in [4.69, 9.17) is 0 Å². The van der Waals surface area contributed by atoms with E-state index in [1.165, 1.54) is 0 Å². The summed E-state index contributed by atoms with van der Waals surface area (Å²) >= 11 is 0. The first kappa shape index (κ1) is 16.8. The molecule has 1 aliphatic heterocycles. The van der Waals surface area contributed by atoms with Gasteiger partial charge in [-0.25, -0.2) is 4.98 Å². The quantitative estimate of drug-likeness (QED) is 0.559. The van der Waals surface area contributed by atoms with Gasteiger partial charge in [-0.15, -0.1) is 0 Å². The zero-order valence-electron chi connectivity index (χ0n) is 14.3. The number of carbonyl (C=O) groups is 3. The molecule has 4 rings (SSSR count). The SMILES string of the molecule is O=C(C[C@@H]1NC(=O)c2ccccc2NC1=O)NCc1nc2ccccc2[nH]1. The van der Waals surface area contributed by atoms with E-state index in [2.05, 4.69) is 25.9 Å². The predicted octanol–water partition coefficient (Wildman–Crippen LogP) is 1.32. The lowest BCUT2D eigenvalue weighted by Crippen LogP contribution is -2.44. The van der Waals surface area contributed by atoms with Gasteiger partial charge in [-0.3, -0.25) is 14.4 Å². The van der Waals surface area contributed by atoms with Crippen LogP contribution in [0.2, 0.25) is 0 Å². The first-order chi connectivity index (χ1) is 13.1. The van der Waals surface area contributed by atoms with Gasteiger partial charge in [-0.2, -0.15) is 0 Å². The molecule has 136 valence electrons. The number of aromatic amines is 1. The molecular weight excluding hydrogens is 346 g/mol. The van der Waals surface area contributed by atoms with Crippen LogP contribution in [0, 0.1) is 0 Å². The molecule has 0 radical (unpaired) electrons. The fraction of sp³-hybridized carbons (Fsp3) is 0.158. The third-order valence-corrected chi connectivity index (χ3v) is 4.33. The second kappa shape index (κ2) is 6.91. The summed E-state index contributed by atoms with van der Waals surface area (Å²) in [5, 5.41) is 8.00. The number of amides is 3. The Morgan fingerprint density at radius 2 is 1.85 bits per heavy atom. The van der Waals surface area contributed by atoms with Crippen molar-refractivity contribution in [3.63, 3.8) is 0 Å². The van der Waals surface area contributed by atoms with Gasteiger partial charge in [0.15, 0.2) is 0 Å². The number of benzene rings is 2. The van der Waals surface area contributed by atoms with Crippen molar-refractivity contribution >= 4 is 34.4 Å². The fourth-order valence-electron chi connectivity index (χ4n) is 2.98. The van der Waals surface area contributed by atoms with Crippen molar-refractivity contribution in [2.24, 2.45) is 0 Å². The largest absolute Gasteiger partial charge is 0.349 e. The Morgan fingerprint density at radius 3 is 2.70 bits per heavy atom. The molecular formula is C19H17N5O3. The Bertz CT molecular complexity index is 1010. The van der Waals surface area contributed by atoms with Crippen molar-refractivity contribution in [3.05, 3.63) is 59.9 Å². The van der Waals surface area contributed by atoms with Crippen molar-refractivity contribution in [3.8, 4) is 0 Å². The topological polar surface area (TPSA) is 116 Å². The second-order valence-corrected chi connectivity index (χ2v) is 6.24. The van der Waals surface area contributed by atoms with Gasteiger partial charge in [0.1, 0.15) is 11.9 Å². The standard InChI is InChI=1S/C19H17N5O3/c25-17(20-10-16-21-13-7-3-4-8-14(13)22-16)9-15-19(27)23-12-6-2-1-5-11(12)18(26)24-15/h1-8,15H,9-10H2,(H,20,25)(H,21,22)(H,23,27)(H,24,26)/t15-/m0/s1.